The molecule has 2 N–H and O–H groups in total. The minimum atomic E-state index is 0.189. The summed E-state index contributed by atoms with van der Waals surface area (Å²) in [5, 5.41) is 0. The van der Waals surface area contributed by atoms with Crippen molar-refractivity contribution in [2.45, 2.75) is 6.04 Å². The van der Waals surface area contributed by atoms with Crippen LogP contribution in [0.15, 0.2) is 48.5 Å². The molecule has 3 rings (SSSR count). The second-order valence-electron chi connectivity index (χ2n) is 6.21. The zero-order valence-corrected chi connectivity index (χ0v) is 15.0. The van der Waals surface area contributed by atoms with Gasteiger partial charge in [0, 0.05) is 44.0 Å². The van der Waals surface area contributed by atoms with E-state index in [1.165, 1.54) is 11.3 Å². The van der Waals surface area contributed by atoms with Gasteiger partial charge in [0.25, 0.3) is 0 Å². The molecular formula is C20H27N3O2. The van der Waals surface area contributed by atoms with E-state index in [4.69, 9.17) is 15.2 Å². The molecule has 1 saturated heterocycles. The molecule has 25 heavy (non-hydrogen) atoms. The van der Waals surface area contributed by atoms with Gasteiger partial charge in [0.2, 0.25) is 0 Å². The van der Waals surface area contributed by atoms with Gasteiger partial charge in [-0.1, -0.05) is 18.2 Å². The van der Waals surface area contributed by atoms with E-state index in [0.717, 1.165) is 37.7 Å². The Labute approximate surface area is 149 Å². The maximum atomic E-state index is 6.11. The van der Waals surface area contributed by atoms with Crippen LogP contribution in [-0.2, 0) is 0 Å². The van der Waals surface area contributed by atoms with Crippen LogP contribution in [0.3, 0.4) is 0 Å². The molecule has 0 aliphatic carbocycles. The number of para-hydroxylation sites is 1. The van der Waals surface area contributed by atoms with Gasteiger partial charge in [0.15, 0.2) is 0 Å². The Hall–Kier alpha value is -2.24. The van der Waals surface area contributed by atoms with Crippen molar-refractivity contribution < 1.29 is 9.47 Å². The highest BCUT2D eigenvalue weighted by molar-refractivity contribution is 5.49. The number of hydrogen-bond donors (Lipinski definition) is 1. The van der Waals surface area contributed by atoms with Gasteiger partial charge < -0.3 is 20.1 Å². The van der Waals surface area contributed by atoms with E-state index in [-0.39, 0.29) is 6.04 Å². The van der Waals surface area contributed by atoms with E-state index in [2.05, 4.69) is 28.0 Å². The molecule has 134 valence electrons. The minimum Gasteiger partial charge on any atom is -0.497 e. The Bertz CT molecular complexity index is 667. The Morgan fingerprint density at radius 1 is 0.920 bits per heavy atom. The second kappa shape index (κ2) is 8.23. The SMILES string of the molecule is COc1ccc(N2CCN([C@@H](CN)c3ccccc3OC)CC2)cc1. The lowest BCUT2D eigenvalue weighted by molar-refractivity contribution is 0.187. The zero-order chi connectivity index (χ0) is 17.6. The molecule has 0 bridgehead atoms. The largest absolute Gasteiger partial charge is 0.497 e. The molecule has 2 aromatic rings. The summed E-state index contributed by atoms with van der Waals surface area (Å²) in [6.07, 6.45) is 0. The van der Waals surface area contributed by atoms with E-state index >= 15 is 0 Å². The summed E-state index contributed by atoms with van der Waals surface area (Å²) in [6.45, 7) is 4.51. The quantitative estimate of drug-likeness (QED) is 0.875. The zero-order valence-electron chi connectivity index (χ0n) is 15.0. The fourth-order valence-corrected chi connectivity index (χ4v) is 3.50. The monoisotopic (exact) mass is 341 g/mol. The van der Waals surface area contributed by atoms with Crippen molar-refractivity contribution in [3.8, 4) is 11.5 Å². The van der Waals surface area contributed by atoms with Crippen LogP contribution in [0.25, 0.3) is 0 Å². The van der Waals surface area contributed by atoms with Crippen LogP contribution in [-0.4, -0.2) is 51.8 Å². The van der Waals surface area contributed by atoms with E-state index in [1.807, 2.05) is 30.3 Å². The van der Waals surface area contributed by atoms with Crippen LogP contribution in [0, 0.1) is 0 Å². The highest BCUT2D eigenvalue weighted by Crippen LogP contribution is 2.30. The lowest BCUT2D eigenvalue weighted by Gasteiger charge is -2.40. The summed E-state index contributed by atoms with van der Waals surface area (Å²) >= 11 is 0. The third-order valence-electron chi connectivity index (χ3n) is 4.91. The molecule has 1 aliphatic rings. The lowest BCUT2D eigenvalue weighted by atomic mass is 10.0. The summed E-state index contributed by atoms with van der Waals surface area (Å²) in [5.74, 6) is 1.80. The predicted molar refractivity (Wildman–Crippen MR) is 102 cm³/mol. The normalized spacial score (nSPS) is 16.5. The Morgan fingerprint density at radius 2 is 1.60 bits per heavy atom. The fraction of sp³-hybridized carbons (Fsp3) is 0.400. The first-order valence-electron chi connectivity index (χ1n) is 8.73. The Morgan fingerprint density at radius 3 is 2.20 bits per heavy atom. The van der Waals surface area contributed by atoms with Gasteiger partial charge in [-0.3, -0.25) is 4.90 Å². The number of anilines is 1. The number of methoxy groups -OCH3 is 2. The first kappa shape index (κ1) is 17.6. The van der Waals surface area contributed by atoms with Gasteiger partial charge >= 0.3 is 0 Å². The van der Waals surface area contributed by atoms with Crippen molar-refractivity contribution in [3.05, 3.63) is 54.1 Å². The number of rotatable bonds is 6. The van der Waals surface area contributed by atoms with Gasteiger partial charge in [0.1, 0.15) is 11.5 Å². The first-order chi connectivity index (χ1) is 12.3. The van der Waals surface area contributed by atoms with Crippen molar-refractivity contribution >= 4 is 5.69 Å². The van der Waals surface area contributed by atoms with Gasteiger partial charge in [-0.15, -0.1) is 0 Å². The molecule has 0 saturated carbocycles. The molecular weight excluding hydrogens is 314 g/mol. The highest BCUT2D eigenvalue weighted by atomic mass is 16.5. The maximum Gasteiger partial charge on any atom is 0.123 e. The summed E-state index contributed by atoms with van der Waals surface area (Å²) in [4.78, 5) is 4.86. The molecule has 1 atom stereocenters. The third-order valence-corrected chi connectivity index (χ3v) is 4.91. The molecule has 1 fully saturated rings. The number of nitrogens with two attached hydrogens (primary N) is 1. The smallest absolute Gasteiger partial charge is 0.123 e. The molecule has 0 aromatic heterocycles. The molecule has 0 spiro atoms. The maximum absolute atomic E-state index is 6.11. The molecule has 1 aliphatic heterocycles. The summed E-state index contributed by atoms with van der Waals surface area (Å²) in [6, 6.07) is 16.6. The van der Waals surface area contributed by atoms with Crippen LogP contribution in [0.2, 0.25) is 0 Å². The lowest BCUT2D eigenvalue weighted by Crippen LogP contribution is -2.49. The minimum absolute atomic E-state index is 0.189. The van der Waals surface area contributed by atoms with Crippen molar-refractivity contribution in [2.24, 2.45) is 5.73 Å². The van der Waals surface area contributed by atoms with Crippen LogP contribution >= 0.6 is 0 Å². The summed E-state index contributed by atoms with van der Waals surface area (Å²) in [5.41, 5.74) is 8.52. The number of nitrogens with zero attached hydrogens (tertiary/aromatic N) is 2. The average Bonchev–Trinajstić information content (AvgIpc) is 2.69. The summed E-state index contributed by atoms with van der Waals surface area (Å²) in [7, 11) is 3.41. The molecule has 0 unspecified atom stereocenters. The fourth-order valence-electron chi connectivity index (χ4n) is 3.50. The molecule has 0 radical (unpaired) electrons. The number of hydrogen-bond acceptors (Lipinski definition) is 5. The van der Waals surface area contributed by atoms with E-state index < -0.39 is 0 Å². The van der Waals surface area contributed by atoms with Crippen molar-refractivity contribution in [1.29, 1.82) is 0 Å². The van der Waals surface area contributed by atoms with Crippen molar-refractivity contribution in [2.75, 3.05) is 51.8 Å². The standard InChI is InChI=1S/C20H27N3O2/c1-24-17-9-7-16(8-10-17)22-11-13-23(14-12-22)19(15-21)18-5-3-4-6-20(18)25-2/h3-10,19H,11-15,21H2,1-2H3/t19-/m0/s1. The first-order valence-corrected chi connectivity index (χ1v) is 8.73. The molecule has 0 amide bonds. The Balaban J connectivity index is 1.67. The van der Waals surface area contributed by atoms with Crippen LogP contribution in [0.5, 0.6) is 11.5 Å². The van der Waals surface area contributed by atoms with Gasteiger partial charge in [-0.05, 0) is 30.3 Å². The number of piperazine rings is 1. The number of benzene rings is 2. The predicted octanol–water partition coefficient (Wildman–Crippen LogP) is 2.53. The van der Waals surface area contributed by atoms with E-state index in [1.54, 1.807) is 14.2 Å². The van der Waals surface area contributed by atoms with Crippen LogP contribution < -0.4 is 20.1 Å². The van der Waals surface area contributed by atoms with Crippen LogP contribution in [0.4, 0.5) is 5.69 Å². The van der Waals surface area contributed by atoms with E-state index in [0.29, 0.717) is 6.54 Å². The molecule has 2 aromatic carbocycles. The Kier molecular flexibility index (Phi) is 5.79. The van der Waals surface area contributed by atoms with Gasteiger partial charge in [0.05, 0.1) is 20.3 Å². The molecule has 5 heteroatoms. The molecule has 1 heterocycles. The average molecular weight is 341 g/mol. The van der Waals surface area contributed by atoms with Crippen molar-refractivity contribution in [1.82, 2.24) is 4.90 Å². The van der Waals surface area contributed by atoms with E-state index in [9.17, 15) is 0 Å². The third kappa shape index (κ3) is 3.89. The van der Waals surface area contributed by atoms with Gasteiger partial charge in [-0.2, -0.15) is 0 Å². The number of ether oxygens (including phenoxy) is 2. The summed E-state index contributed by atoms with van der Waals surface area (Å²) < 4.78 is 10.8. The second-order valence-corrected chi connectivity index (χ2v) is 6.21. The van der Waals surface area contributed by atoms with Crippen LogP contribution in [0.1, 0.15) is 11.6 Å². The van der Waals surface area contributed by atoms with Crippen molar-refractivity contribution in [3.63, 3.8) is 0 Å². The van der Waals surface area contributed by atoms with Gasteiger partial charge in [-0.25, -0.2) is 0 Å². The highest BCUT2D eigenvalue weighted by Gasteiger charge is 2.26. The molecule has 5 nitrogen and oxygen atoms in total. The topological polar surface area (TPSA) is 51.0 Å².